The summed E-state index contributed by atoms with van der Waals surface area (Å²) in [5.74, 6) is 1.25. The lowest BCUT2D eigenvalue weighted by atomic mass is 10.2. The van der Waals surface area contributed by atoms with E-state index >= 15 is 0 Å². The molecule has 1 aromatic heterocycles. The lowest BCUT2D eigenvalue weighted by Crippen LogP contribution is -2.48. The molecule has 9 heteroatoms. The molecule has 2 aromatic carbocycles. The van der Waals surface area contributed by atoms with E-state index in [1.807, 2.05) is 0 Å². The van der Waals surface area contributed by atoms with Crippen molar-refractivity contribution in [2.75, 3.05) is 19.1 Å². The maximum absolute atomic E-state index is 13.4. The Balaban J connectivity index is 1.82. The minimum atomic E-state index is -4.09. The fourth-order valence-electron chi connectivity index (χ4n) is 3.23. The molecule has 0 saturated carbocycles. The molecule has 154 valence electrons. The van der Waals surface area contributed by atoms with Crippen LogP contribution in [0.4, 0.5) is 16.3 Å². The number of amides is 2. The number of carbonyl (C=O) groups is 1. The molecule has 0 aliphatic carbocycles. The second-order valence-corrected chi connectivity index (χ2v) is 8.34. The van der Waals surface area contributed by atoms with Gasteiger partial charge in [0.25, 0.3) is 10.0 Å². The van der Waals surface area contributed by atoms with Gasteiger partial charge in [0.1, 0.15) is 16.4 Å². The van der Waals surface area contributed by atoms with E-state index in [9.17, 15) is 13.2 Å². The lowest BCUT2D eigenvalue weighted by Gasteiger charge is -2.35. The van der Waals surface area contributed by atoms with Gasteiger partial charge in [-0.1, -0.05) is 12.1 Å². The van der Waals surface area contributed by atoms with Crippen molar-refractivity contribution in [1.29, 1.82) is 0 Å². The van der Waals surface area contributed by atoms with Crippen molar-refractivity contribution in [2.24, 2.45) is 0 Å². The number of anilines is 2. The van der Waals surface area contributed by atoms with E-state index in [1.165, 1.54) is 30.3 Å². The summed E-state index contributed by atoms with van der Waals surface area (Å²) in [6, 6.07) is 15.9. The van der Waals surface area contributed by atoms with Crippen LogP contribution in [0.2, 0.25) is 0 Å². The quantitative estimate of drug-likeness (QED) is 0.621. The second kappa shape index (κ2) is 7.68. The van der Waals surface area contributed by atoms with Crippen molar-refractivity contribution in [3.8, 4) is 11.5 Å². The monoisotopic (exact) mass is 425 g/mol. The summed E-state index contributed by atoms with van der Waals surface area (Å²) in [5.41, 5.74) is 1.10. The van der Waals surface area contributed by atoms with Crippen molar-refractivity contribution >= 4 is 27.6 Å². The Bertz CT molecular complexity index is 1200. The third-order valence-electron chi connectivity index (χ3n) is 4.73. The average Bonchev–Trinajstić information content (AvgIpc) is 2.77. The molecule has 0 N–H and O–H groups in total. The highest BCUT2D eigenvalue weighted by atomic mass is 32.2. The summed E-state index contributed by atoms with van der Waals surface area (Å²) in [6.07, 6.45) is 1.45. The average molecular weight is 425 g/mol. The predicted octanol–water partition coefficient (Wildman–Crippen LogP) is 3.56. The number of ether oxygens (including phenoxy) is 2. The first-order chi connectivity index (χ1) is 14.5. The molecule has 0 spiro atoms. The highest BCUT2D eigenvalue weighted by Gasteiger charge is 2.43. The Hall–Kier alpha value is -3.59. The predicted molar refractivity (Wildman–Crippen MR) is 110 cm³/mol. The smallest absolute Gasteiger partial charge is 0.344 e. The van der Waals surface area contributed by atoms with Crippen LogP contribution in [-0.2, 0) is 16.6 Å². The first kappa shape index (κ1) is 19.7. The minimum absolute atomic E-state index is 0.0386. The zero-order valence-corrected chi connectivity index (χ0v) is 17.2. The number of carbonyl (C=O) groups excluding carboxylic acids is 1. The van der Waals surface area contributed by atoms with Crippen molar-refractivity contribution in [2.45, 2.75) is 11.4 Å². The second-order valence-electron chi connectivity index (χ2n) is 6.50. The van der Waals surface area contributed by atoms with Crippen molar-refractivity contribution < 1.29 is 22.7 Å². The number of rotatable bonds is 5. The summed E-state index contributed by atoms with van der Waals surface area (Å²) >= 11 is 0. The number of aromatic nitrogens is 1. The largest absolute Gasteiger partial charge is 0.497 e. The molecule has 0 bridgehead atoms. The van der Waals surface area contributed by atoms with Crippen LogP contribution in [0.15, 0.2) is 71.8 Å². The summed E-state index contributed by atoms with van der Waals surface area (Å²) in [7, 11) is -1.02. The Labute approximate surface area is 174 Å². The highest BCUT2D eigenvalue weighted by Crippen LogP contribution is 2.38. The van der Waals surface area contributed by atoms with Crippen molar-refractivity contribution in [3.63, 3.8) is 0 Å². The van der Waals surface area contributed by atoms with Gasteiger partial charge in [0.2, 0.25) is 0 Å². The molecule has 2 heterocycles. The van der Waals surface area contributed by atoms with Crippen LogP contribution in [0.25, 0.3) is 0 Å². The minimum Gasteiger partial charge on any atom is -0.497 e. The molecular weight excluding hydrogens is 406 g/mol. The molecule has 3 aromatic rings. The SMILES string of the molecule is COc1ccc(N2C(=O)N(Cc3cccc(OC)c3)S(=O)(=O)c3cccnc32)cc1. The Morgan fingerprint density at radius 1 is 0.933 bits per heavy atom. The fourth-order valence-corrected chi connectivity index (χ4v) is 4.70. The topological polar surface area (TPSA) is 89.0 Å². The first-order valence-corrected chi connectivity index (χ1v) is 10.5. The molecule has 30 heavy (non-hydrogen) atoms. The van der Waals surface area contributed by atoms with Crippen LogP contribution in [0.5, 0.6) is 11.5 Å². The van der Waals surface area contributed by atoms with Gasteiger partial charge in [0, 0.05) is 6.20 Å². The van der Waals surface area contributed by atoms with Gasteiger partial charge in [-0.25, -0.2) is 27.4 Å². The van der Waals surface area contributed by atoms with Crippen LogP contribution >= 0.6 is 0 Å². The summed E-state index contributed by atoms with van der Waals surface area (Å²) < 4.78 is 37.7. The highest BCUT2D eigenvalue weighted by molar-refractivity contribution is 7.90. The number of urea groups is 1. The van der Waals surface area contributed by atoms with E-state index < -0.39 is 16.1 Å². The Kier molecular flexibility index (Phi) is 5.04. The number of hydrogen-bond acceptors (Lipinski definition) is 6. The van der Waals surface area contributed by atoms with Crippen LogP contribution in [0.3, 0.4) is 0 Å². The van der Waals surface area contributed by atoms with Gasteiger partial charge in [-0.15, -0.1) is 0 Å². The van der Waals surface area contributed by atoms with E-state index in [2.05, 4.69) is 4.98 Å². The van der Waals surface area contributed by atoms with E-state index in [1.54, 1.807) is 55.6 Å². The molecule has 0 saturated heterocycles. The van der Waals surface area contributed by atoms with E-state index in [-0.39, 0.29) is 17.3 Å². The number of hydrogen-bond donors (Lipinski definition) is 0. The molecule has 1 aliphatic rings. The number of fused-ring (bicyclic) bond motifs is 1. The van der Waals surface area contributed by atoms with Gasteiger partial charge in [-0.05, 0) is 54.1 Å². The normalized spacial score (nSPS) is 14.9. The van der Waals surface area contributed by atoms with Gasteiger partial charge in [-0.3, -0.25) is 0 Å². The number of methoxy groups -OCH3 is 2. The lowest BCUT2D eigenvalue weighted by molar-refractivity contribution is 0.229. The molecule has 8 nitrogen and oxygen atoms in total. The summed E-state index contributed by atoms with van der Waals surface area (Å²) in [5, 5.41) is 0. The molecule has 1 aliphatic heterocycles. The van der Waals surface area contributed by atoms with Gasteiger partial charge in [-0.2, -0.15) is 0 Å². The summed E-state index contributed by atoms with van der Waals surface area (Å²) in [6.45, 7) is -0.140. The number of benzene rings is 2. The maximum atomic E-state index is 13.4. The van der Waals surface area contributed by atoms with Crippen LogP contribution in [-0.4, -0.2) is 38.0 Å². The number of nitrogens with zero attached hydrogens (tertiary/aromatic N) is 3. The zero-order chi connectivity index (χ0) is 21.3. The van der Waals surface area contributed by atoms with Gasteiger partial charge >= 0.3 is 6.03 Å². The van der Waals surface area contributed by atoms with E-state index in [4.69, 9.17) is 9.47 Å². The fraction of sp³-hybridized carbons (Fsp3) is 0.143. The first-order valence-electron chi connectivity index (χ1n) is 9.04. The van der Waals surface area contributed by atoms with Crippen molar-refractivity contribution in [3.05, 3.63) is 72.4 Å². The number of sulfonamides is 1. The molecular formula is C21H19N3O5S. The van der Waals surface area contributed by atoms with E-state index in [0.29, 0.717) is 22.7 Å². The molecule has 0 radical (unpaired) electrons. The molecule has 0 fully saturated rings. The van der Waals surface area contributed by atoms with E-state index in [0.717, 1.165) is 4.31 Å². The standard InChI is InChI=1S/C21H19N3O5S/c1-28-17-10-8-16(9-11-17)24-20-19(7-4-12-22-20)30(26,27)23(21(24)25)14-15-5-3-6-18(13-15)29-2/h3-13H,14H2,1-2H3. The van der Waals surface area contributed by atoms with Crippen LogP contribution in [0.1, 0.15) is 5.56 Å². The van der Waals surface area contributed by atoms with Gasteiger partial charge < -0.3 is 9.47 Å². The van der Waals surface area contributed by atoms with Crippen molar-refractivity contribution in [1.82, 2.24) is 9.29 Å². The van der Waals surface area contributed by atoms with Gasteiger partial charge in [0.15, 0.2) is 5.82 Å². The third kappa shape index (κ3) is 3.33. The summed E-state index contributed by atoms with van der Waals surface area (Å²) in [4.78, 5) is 18.8. The van der Waals surface area contributed by atoms with Crippen LogP contribution < -0.4 is 14.4 Å². The molecule has 0 unspecified atom stereocenters. The molecule has 4 rings (SSSR count). The Morgan fingerprint density at radius 3 is 2.37 bits per heavy atom. The van der Waals surface area contributed by atoms with Crippen LogP contribution in [0, 0.1) is 0 Å². The molecule has 2 amide bonds. The third-order valence-corrected chi connectivity index (χ3v) is 6.47. The molecule has 0 atom stereocenters. The zero-order valence-electron chi connectivity index (χ0n) is 16.3. The Morgan fingerprint density at radius 2 is 1.67 bits per heavy atom. The number of pyridine rings is 1. The van der Waals surface area contributed by atoms with Gasteiger partial charge in [0.05, 0.1) is 26.5 Å². The maximum Gasteiger partial charge on any atom is 0.344 e.